The van der Waals surface area contributed by atoms with Crippen LogP contribution in [0.3, 0.4) is 0 Å². The number of amides is 1. The molecule has 1 aliphatic heterocycles. The minimum atomic E-state index is -0.909. The van der Waals surface area contributed by atoms with Crippen molar-refractivity contribution in [2.45, 2.75) is 12.5 Å². The Morgan fingerprint density at radius 1 is 1.32 bits per heavy atom. The fourth-order valence-electron chi connectivity index (χ4n) is 2.19. The van der Waals surface area contributed by atoms with Crippen LogP contribution < -0.4 is 4.74 Å². The van der Waals surface area contributed by atoms with Crippen molar-refractivity contribution >= 4 is 46.8 Å². The Balaban J connectivity index is 1.96. The van der Waals surface area contributed by atoms with E-state index in [-0.39, 0.29) is 25.0 Å². The number of carbonyl (C=O) groups excluding carboxylic acids is 1. The van der Waals surface area contributed by atoms with Gasteiger partial charge in [-0.05, 0) is 18.2 Å². The van der Waals surface area contributed by atoms with Crippen LogP contribution in [-0.2, 0) is 9.59 Å². The largest absolute Gasteiger partial charge is 0.484 e. The monoisotopic (exact) mass is 363 g/mol. The first-order chi connectivity index (χ1) is 10.5. The van der Waals surface area contributed by atoms with E-state index in [0.29, 0.717) is 28.1 Å². The normalized spacial score (nSPS) is 18.1. The van der Waals surface area contributed by atoms with Gasteiger partial charge >= 0.3 is 5.97 Å². The summed E-state index contributed by atoms with van der Waals surface area (Å²) in [5.41, 5.74) is 0. The van der Waals surface area contributed by atoms with Crippen molar-refractivity contribution in [3.63, 3.8) is 0 Å². The van der Waals surface area contributed by atoms with E-state index in [2.05, 4.69) is 0 Å². The first-order valence-corrected chi connectivity index (χ1v) is 8.54. The predicted molar refractivity (Wildman–Crippen MR) is 87.0 cm³/mol. The molecule has 22 heavy (non-hydrogen) atoms. The van der Waals surface area contributed by atoms with Crippen LogP contribution in [0.5, 0.6) is 5.75 Å². The fraction of sp³-hybridized carbons (Fsp3) is 0.429. The predicted octanol–water partition coefficient (Wildman–Crippen LogP) is 2.79. The standard InChI is InChI=1S/C14H15Cl2NO4S/c15-9-3-10(16)5-12(4-9)21-7-13(18)17-1-2-22-8-11(17)6-14(19)20/h3-5,11H,1-2,6-8H2,(H,19,20). The van der Waals surface area contributed by atoms with Crippen LogP contribution in [0.15, 0.2) is 18.2 Å². The number of halogens is 2. The van der Waals surface area contributed by atoms with Crippen molar-refractivity contribution < 1.29 is 19.4 Å². The van der Waals surface area contributed by atoms with Crippen LogP contribution in [0, 0.1) is 0 Å². The van der Waals surface area contributed by atoms with Crippen LogP contribution in [0.2, 0.25) is 10.0 Å². The summed E-state index contributed by atoms with van der Waals surface area (Å²) in [7, 11) is 0. The van der Waals surface area contributed by atoms with Crippen molar-refractivity contribution in [1.82, 2.24) is 4.90 Å². The number of carboxylic acids is 1. The minimum absolute atomic E-state index is 0.0538. The lowest BCUT2D eigenvalue weighted by Crippen LogP contribution is -2.48. The quantitative estimate of drug-likeness (QED) is 0.870. The smallest absolute Gasteiger partial charge is 0.305 e. The fourth-order valence-corrected chi connectivity index (χ4v) is 3.76. The van der Waals surface area contributed by atoms with Gasteiger partial charge in [0.25, 0.3) is 5.91 Å². The van der Waals surface area contributed by atoms with Crippen LogP contribution in [0.1, 0.15) is 6.42 Å². The highest BCUT2D eigenvalue weighted by molar-refractivity contribution is 7.99. The number of ether oxygens (including phenoxy) is 1. The molecule has 0 spiro atoms. The Morgan fingerprint density at radius 3 is 2.64 bits per heavy atom. The molecule has 1 amide bonds. The van der Waals surface area contributed by atoms with E-state index in [4.69, 9.17) is 33.0 Å². The number of carbonyl (C=O) groups is 2. The first kappa shape index (κ1) is 17.2. The van der Waals surface area contributed by atoms with Gasteiger partial charge in [0.05, 0.1) is 12.5 Å². The molecule has 1 aromatic rings. The van der Waals surface area contributed by atoms with Crippen molar-refractivity contribution in [3.8, 4) is 5.75 Å². The highest BCUT2D eigenvalue weighted by Gasteiger charge is 2.28. The average Bonchev–Trinajstić information content (AvgIpc) is 2.44. The molecule has 1 aromatic carbocycles. The number of aliphatic carboxylic acids is 1. The Morgan fingerprint density at radius 2 is 2.00 bits per heavy atom. The highest BCUT2D eigenvalue weighted by atomic mass is 35.5. The van der Waals surface area contributed by atoms with Gasteiger partial charge in [0.2, 0.25) is 0 Å². The summed E-state index contributed by atoms with van der Waals surface area (Å²) < 4.78 is 5.42. The lowest BCUT2D eigenvalue weighted by molar-refractivity contribution is -0.141. The van der Waals surface area contributed by atoms with Gasteiger partial charge in [0.15, 0.2) is 6.61 Å². The average molecular weight is 364 g/mol. The van der Waals surface area contributed by atoms with Crippen molar-refractivity contribution in [2.24, 2.45) is 0 Å². The van der Waals surface area contributed by atoms with Crippen LogP contribution in [0.4, 0.5) is 0 Å². The third kappa shape index (κ3) is 4.97. The zero-order valence-electron chi connectivity index (χ0n) is 11.6. The lowest BCUT2D eigenvalue weighted by Gasteiger charge is -2.34. The topological polar surface area (TPSA) is 66.8 Å². The Labute approximate surface area is 142 Å². The van der Waals surface area contributed by atoms with Gasteiger partial charge in [-0.15, -0.1) is 0 Å². The SMILES string of the molecule is O=C(O)CC1CSCCN1C(=O)COc1cc(Cl)cc(Cl)c1. The number of nitrogens with zero attached hydrogens (tertiary/aromatic N) is 1. The van der Waals surface area contributed by atoms with E-state index in [1.165, 1.54) is 0 Å². The lowest BCUT2D eigenvalue weighted by atomic mass is 10.2. The maximum absolute atomic E-state index is 12.3. The summed E-state index contributed by atoms with van der Waals surface area (Å²) in [5, 5.41) is 9.77. The summed E-state index contributed by atoms with van der Waals surface area (Å²) in [5.74, 6) is 0.689. The summed E-state index contributed by atoms with van der Waals surface area (Å²) in [6.45, 7) is 0.360. The second kappa shape index (κ2) is 7.94. The Bertz CT molecular complexity index is 550. The zero-order chi connectivity index (χ0) is 16.1. The molecule has 1 atom stereocenters. The van der Waals surface area contributed by atoms with Gasteiger partial charge in [-0.2, -0.15) is 11.8 Å². The van der Waals surface area contributed by atoms with E-state index >= 15 is 0 Å². The van der Waals surface area contributed by atoms with E-state index in [0.717, 1.165) is 5.75 Å². The molecule has 0 aliphatic carbocycles. The molecule has 0 saturated carbocycles. The molecule has 5 nitrogen and oxygen atoms in total. The molecule has 0 radical (unpaired) electrons. The van der Waals surface area contributed by atoms with Crippen molar-refractivity contribution in [1.29, 1.82) is 0 Å². The minimum Gasteiger partial charge on any atom is -0.484 e. The molecular formula is C14H15Cl2NO4S. The molecule has 1 aliphatic rings. The van der Waals surface area contributed by atoms with Crippen LogP contribution >= 0.6 is 35.0 Å². The zero-order valence-corrected chi connectivity index (χ0v) is 14.0. The number of rotatable bonds is 5. The summed E-state index contributed by atoms with van der Waals surface area (Å²) >= 11 is 13.4. The molecule has 1 saturated heterocycles. The second-order valence-corrected chi connectivity index (χ2v) is 6.83. The molecule has 1 N–H and O–H groups in total. The molecule has 8 heteroatoms. The molecule has 1 unspecified atom stereocenters. The third-order valence-electron chi connectivity index (χ3n) is 3.16. The Hall–Kier alpha value is -1.11. The number of hydrogen-bond acceptors (Lipinski definition) is 4. The van der Waals surface area contributed by atoms with Gasteiger partial charge in [0.1, 0.15) is 5.75 Å². The maximum Gasteiger partial charge on any atom is 0.305 e. The van der Waals surface area contributed by atoms with Gasteiger partial charge in [-0.1, -0.05) is 23.2 Å². The van der Waals surface area contributed by atoms with Crippen LogP contribution in [0.25, 0.3) is 0 Å². The molecule has 0 bridgehead atoms. The molecule has 120 valence electrons. The molecule has 1 fully saturated rings. The third-order valence-corrected chi connectivity index (χ3v) is 4.68. The molecule has 1 heterocycles. The van der Waals surface area contributed by atoms with E-state index < -0.39 is 5.97 Å². The van der Waals surface area contributed by atoms with Gasteiger partial charge in [0, 0.05) is 28.1 Å². The summed E-state index contributed by atoms with van der Waals surface area (Å²) in [6, 6.07) is 4.42. The van der Waals surface area contributed by atoms with Crippen LogP contribution in [-0.4, -0.2) is 52.6 Å². The molecule has 2 rings (SSSR count). The van der Waals surface area contributed by atoms with Gasteiger partial charge < -0.3 is 14.7 Å². The second-order valence-electron chi connectivity index (χ2n) is 4.81. The number of thioether (sulfide) groups is 1. The Kier molecular flexibility index (Phi) is 6.23. The van der Waals surface area contributed by atoms with Crippen molar-refractivity contribution in [2.75, 3.05) is 24.7 Å². The van der Waals surface area contributed by atoms with Gasteiger partial charge in [-0.25, -0.2) is 0 Å². The summed E-state index contributed by atoms with van der Waals surface area (Å²) in [6.07, 6.45) is -0.0538. The maximum atomic E-state index is 12.3. The molecular weight excluding hydrogens is 349 g/mol. The number of benzene rings is 1. The van der Waals surface area contributed by atoms with Crippen molar-refractivity contribution in [3.05, 3.63) is 28.2 Å². The number of hydrogen-bond donors (Lipinski definition) is 1. The first-order valence-electron chi connectivity index (χ1n) is 6.63. The van der Waals surface area contributed by atoms with E-state index in [1.54, 1.807) is 34.9 Å². The van der Waals surface area contributed by atoms with Gasteiger partial charge in [-0.3, -0.25) is 9.59 Å². The highest BCUT2D eigenvalue weighted by Crippen LogP contribution is 2.24. The van der Waals surface area contributed by atoms with E-state index in [9.17, 15) is 9.59 Å². The summed E-state index contributed by atoms with van der Waals surface area (Å²) in [4.78, 5) is 24.7. The molecule has 0 aromatic heterocycles. The number of carboxylic acid groups (broad SMARTS) is 1. The van der Waals surface area contributed by atoms with E-state index in [1.807, 2.05) is 0 Å².